The van der Waals surface area contributed by atoms with Crippen LogP contribution in [-0.4, -0.2) is 18.5 Å². The molecule has 0 spiro atoms. The fraction of sp³-hybridized carbons (Fsp3) is 0.478. The summed E-state index contributed by atoms with van der Waals surface area (Å²) in [5, 5.41) is 9.63. The van der Waals surface area contributed by atoms with Crippen molar-refractivity contribution in [2.45, 2.75) is 51.9 Å². The van der Waals surface area contributed by atoms with Gasteiger partial charge in [-0.2, -0.15) is 10.2 Å². The van der Waals surface area contributed by atoms with Gasteiger partial charge in [0.15, 0.2) is 0 Å². The molecule has 0 saturated heterocycles. The highest BCUT2D eigenvalue weighted by molar-refractivity contribution is 9.09. The second-order valence-corrected chi connectivity index (χ2v) is 7.49. The van der Waals surface area contributed by atoms with Crippen LogP contribution in [0.4, 0.5) is 11.4 Å². The van der Waals surface area contributed by atoms with Gasteiger partial charge in [-0.3, -0.25) is 0 Å². The minimum absolute atomic E-state index is 0.751. The number of hydrogen-bond donors (Lipinski definition) is 0. The maximum absolute atomic E-state index is 5.75. The molecule has 0 radical (unpaired) electrons. The van der Waals surface area contributed by atoms with E-state index in [4.69, 9.17) is 9.47 Å². The van der Waals surface area contributed by atoms with E-state index in [2.05, 4.69) is 33.1 Å². The van der Waals surface area contributed by atoms with Crippen LogP contribution in [0.1, 0.15) is 51.9 Å². The van der Waals surface area contributed by atoms with Crippen molar-refractivity contribution in [1.29, 1.82) is 0 Å². The normalized spacial score (nSPS) is 11.1. The van der Waals surface area contributed by atoms with Crippen LogP contribution in [0.2, 0.25) is 0 Å². The summed E-state index contributed by atoms with van der Waals surface area (Å²) in [5.74, 6) is 1.76. The van der Waals surface area contributed by atoms with Crippen molar-refractivity contribution in [3.8, 4) is 11.5 Å². The first-order valence-corrected chi connectivity index (χ1v) is 11.4. The van der Waals surface area contributed by atoms with Crippen molar-refractivity contribution in [2.24, 2.45) is 10.2 Å². The van der Waals surface area contributed by atoms with E-state index < -0.39 is 0 Å². The average Bonchev–Trinajstić information content (AvgIpc) is 2.74. The Bertz CT molecular complexity index is 613. The van der Waals surface area contributed by atoms with E-state index in [0.29, 0.717) is 0 Å². The number of azo groups is 1. The lowest BCUT2D eigenvalue weighted by atomic mass is 10.2. The van der Waals surface area contributed by atoms with Crippen molar-refractivity contribution >= 4 is 27.3 Å². The highest BCUT2D eigenvalue weighted by atomic mass is 79.9. The third-order valence-electron chi connectivity index (χ3n) is 4.27. The van der Waals surface area contributed by atoms with Crippen molar-refractivity contribution < 1.29 is 9.47 Å². The molecule has 0 aliphatic heterocycles. The first-order valence-electron chi connectivity index (χ1n) is 10.2. The lowest BCUT2D eigenvalue weighted by Crippen LogP contribution is -1.96. The Morgan fingerprint density at radius 1 is 0.643 bits per heavy atom. The van der Waals surface area contributed by atoms with Gasteiger partial charge in [-0.15, -0.1) is 0 Å². The van der Waals surface area contributed by atoms with E-state index in [1.54, 1.807) is 0 Å². The van der Waals surface area contributed by atoms with E-state index in [1.807, 2.05) is 48.5 Å². The Kier molecular flexibility index (Phi) is 11.3. The van der Waals surface area contributed by atoms with Gasteiger partial charge in [0.2, 0.25) is 0 Å². The molecule has 0 N–H and O–H groups in total. The van der Waals surface area contributed by atoms with E-state index in [0.717, 1.165) is 54.3 Å². The standard InChI is InChI=1S/C23H31BrN2O2/c1-2-3-4-7-18-27-22-13-9-20(10-14-22)25-26-21-11-15-23(16-12-21)28-19-8-5-6-17-24/h9-16H,2-8,17-19H2,1H3. The molecule has 152 valence electrons. The third-order valence-corrected chi connectivity index (χ3v) is 4.83. The minimum Gasteiger partial charge on any atom is -0.494 e. The summed E-state index contributed by atoms with van der Waals surface area (Å²) in [6.07, 6.45) is 8.29. The fourth-order valence-corrected chi connectivity index (χ4v) is 3.01. The van der Waals surface area contributed by atoms with Crippen molar-refractivity contribution in [3.05, 3.63) is 48.5 Å². The lowest BCUT2D eigenvalue weighted by Gasteiger charge is -2.06. The summed E-state index contributed by atoms with van der Waals surface area (Å²) >= 11 is 3.44. The molecule has 0 fully saturated rings. The van der Waals surface area contributed by atoms with Gasteiger partial charge in [-0.05, 0) is 74.2 Å². The SMILES string of the molecule is CCCCCCOc1ccc(N=Nc2ccc(OCCCCCBr)cc2)cc1. The van der Waals surface area contributed by atoms with Crippen LogP contribution in [0.3, 0.4) is 0 Å². The zero-order valence-corrected chi connectivity index (χ0v) is 18.4. The Morgan fingerprint density at radius 2 is 1.11 bits per heavy atom. The van der Waals surface area contributed by atoms with Gasteiger partial charge in [0.25, 0.3) is 0 Å². The number of benzene rings is 2. The summed E-state index contributed by atoms with van der Waals surface area (Å²) in [7, 11) is 0. The first kappa shape index (κ1) is 22.4. The lowest BCUT2D eigenvalue weighted by molar-refractivity contribution is 0.305. The molecule has 0 bridgehead atoms. The van der Waals surface area contributed by atoms with Crippen LogP contribution in [0, 0.1) is 0 Å². The molecular formula is C23H31BrN2O2. The molecule has 0 amide bonds. The molecule has 4 nitrogen and oxygen atoms in total. The Balaban J connectivity index is 1.73. The zero-order valence-electron chi connectivity index (χ0n) is 16.8. The van der Waals surface area contributed by atoms with Crippen LogP contribution in [-0.2, 0) is 0 Å². The first-order chi connectivity index (χ1) is 13.8. The van der Waals surface area contributed by atoms with Crippen molar-refractivity contribution in [2.75, 3.05) is 18.5 Å². The molecule has 0 aromatic heterocycles. The van der Waals surface area contributed by atoms with Gasteiger partial charge in [-0.25, -0.2) is 0 Å². The Labute approximate surface area is 177 Å². The molecule has 0 heterocycles. The summed E-state index contributed by atoms with van der Waals surface area (Å²) in [5.41, 5.74) is 1.62. The molecule has 5 heteroatoms. The topological polar surface area (TPSA) is 43.2 Å². The minimum atomic E-state index is 0.751. The van der Waals surface area contributed by atoms with E-state index in [1.165, 1.54) is 32.1 Å². The molecule has 0 saturated carbocycles. The smallest absolute Gasteiger partial charge is 0.119 e. The van der Waals surface area contributed by atoms with Gasteiger partial charge >= 0.3 is 0 Å². The molecule has 0 atom stereocenters. The third kappa shape index (κ3) is 9.36. The van der Waals surface area contributed by atoms with Crippen LogP contribution in [0.25, 0.3) is 0 Å². The maximum atomic E-state index is 5.75. The van der Waals surface area contributed by atoms with Crippen LogP contribution < -0.4 is 9.47 Å². The zero-order chi connectivity index (χ0) is 19.9. The van der Waals surface area contributed by atoms with E-state index in [9.17, 15) is 0 Å². The quantitative estimate of drug-likeness (QED) is 0.167. The summed E-state index contributed by atoms with van der Waals surface area (Å²) in [4.78, 5) is 0. The Morgan fingerprint density at radius 3 is 1.54 bits per heavy atom. The predicted octanol–water partition coefficient (Wildman–Crippen LogP) is 8.01. The van der Waals surface area contributed by atoms with E-state index in [-0.39, 0.29) is 0 Å². The molecule has 2 aromatic carbocycles. The molecular weight excluding hydrogens is 416 g/mol. The molecule has 0 unspecified atom stereocenters. The van der Waals surface area contributed by atoms with Gasteiger partial charge < -0.3 is 9.47 Å². The highest BCUT2D eigenvalue weighted by Crippen LogP contribution is 2.23. The van der Waals surface area contributed by atoms with Crippen LogP contribution >= 0.6 is 15.9 Å². The number of unbranched alkanes of at least 4 members (excludes halogenated alkanes) is 5. The molecule has 2 rings (SSSR count). The Hall–Kier alpha value is -1.88. The number of alkyl halides is 1. The average molecular weight is 447 g/mol. The summed E-state index contributed by atoms with van der Waals surface area (Å²) in [6.45, 7) is 3.73. The number of halogens is 1. The van der Waals surface area contributed by atoms with Gasteiger partial charge in [0.1, 0.15) is 11.5 Å². The van der Waals surface area contributed by atoms with Gasteiger partial charge in [0, 0.05) is 5.33 Å². The highest BCUT2D eigenvalue weighted by Gasteiger charge is 1.97. The molecule has 2 aromatic rings. The predicted molar refractivity (Wildman–Crippen MR) is 120 cm³/mol. The fourth-order valence-electron chi connectivity index (χ4n) is 2.62. The van der Waals surface area contributed by atoms with Gasteiger partial charge in [-0.1, -0.05) is 42.1 Å². The summed E-state index contributed by atoms with van der Waals surface area (Å²) < 4.78 is 11.5. The molecule has 28 heavy (non-hydrogen) atoms. The van der Waals surface area contributed by atoms with Crippen molar-refractivity contribution in [3.63, 3.8) is 0 Å². The number of nitrogens with zero attached hydrogens (tertiary/aromatic N) is 2. The maximum Gasteiger partial charge on any atom is 0.119 e. The van der Waals surface area contributed by atoms with Crippen LogP contribution in [0.5, 0.6) is 11.5 Å². The number of rotatable bonds is 14. The molecule has 0 aliphatic rings. The number of hydrogen-bond acceptors (Lipinski definition) is 4. The molecule has 0 aliphatic carbocycles. The van der Waals surface area contributed by atoms with E-state index >= 15 is 0 Å². The monoisotopic (exact) mass is 446 g/mol. The van der Waals surface area contributed by atoms with Gasteiger partial charge in [0.05, 0.1) is 24.6 Å². The summed E-state index contributed by atoms with van der Waals surface area (Å²) in [6, 6.07) is 15.5. The second-order valence-electron chi connectivity index (χ2n) is 6.70. The second kappa shape index (κ2) is 14.2. The largest absolute Gasteiger partial charge is 0.494 e. The number of ether oxygens (including phenoxy) is 2. The van der Waals surface area contributed by atoms with Crippen molar-refractivity contribution in [1.82, 2.24) is 0 Å². The van der Waals surface area contributed by atoms with Crippen LogP contribution in [0.15, 0.2) is 58.8 Å².